The molecule has 1 heterocycles. The summed E-state index contributed by atoms with van der Waals surface area (Å²) in [7, 11) is 1.47. The maximum absolute atomic E-state index is 10.6. The quantitative estimate of drug-likeness (QED) is 0.495. The van der Waals surface area contributed by atoms with Gasteiger partial charge in [0.25, 0.3) is 0 Å². The minimum atomic E-state index is -1.11. The molecule has 0 saturated heterocycles. The number of aliphatic hydroxyl groups is 1. The van der Waals surface area contributed by atoms with Crippen molar-refractivity contribution < 1.29 is 20.3 Å². The first-order valence-electron chi connectivity index (χ1n) is 4.06. The first kappa shape index (κ1) is 11.1. The van der Waals surface area contributed by atoms with Crippen molar-refractivity contribution in [3.63, 3.8) is 0 Å². The van der Waals surface area contributed by atoms with E-state index in [9.17, 15) is 10.3 Å². The van der Waals surface area contributed by atoms with Gasteiger partial charge >= 0.3 is 5.95 Å². The molecule has 0 bridgehead atoms. The number of imidazole rings is 1. The summed E-state index contributed by atoms with van der Waals surface area (Å²) in [6.07, 6.45) is 2.15. The van der Waals surface area contributed by atoms with Crippen molar-refractivity contribution in [3.05, 3.63) is 17.6 Å². The third kappa shape index (κ3) is 2.76. The Morgan fingerprint density at radius 2 is 2.50 bits per heavy atom. The van der Waals surface area contributed by atoms with E-state index in [4.69, 9.17) is 9.94 Å². The molecule has 80 valence electrons. The number of hydrogen-bond acceptors (Lipinski definition) is 5. The summed E-state index contributed by atoms with van der Waals surface area (Å²) >= 11 is 0. The second kappa shape index (κ2) is 5.03. The van der Waals surface area contributed by atoms with E-state index in [0.29, 0.717) is 0 Å². The number of ether oxygens (including phenoxy) is 1. The van der Waals surface area contributed by atoms with Crippen LogP contribution in [0.25, 0.3) is 0 Å². The van der Waals surface area contributed by atoms with E-state index in [1.54, 1.807) is 0 Å². The topological polar surface area (TPSA) is 95.0 Å². The van der Waals surface area contributed by atoms with Crippen molar-refractivity contribution in [2.75, 3.05) is 13.7 Å². The summed E-state index contributed by atoms with van der Waals surface area (Å²) in [5.41, 5.74) is 0. The lowest BCUT2D eigenvalue weighted by Crippen LogP contribution is -3.00. The lowest BCUT2D eigenvalue weighted by molar-refractivity contribution is -0.996. The van der Waals surface area contributed by atoms with Crippen LogP contribution in [-0.2, 0) is 11.3 Å². The molecule has 1 rings (SSSR count). The number of aromatic nitrogens is 2. The number of nitrogens with one attached hydrogen (secondary N) is 1. The van der Waals surface area contributed by atoms with Gasteiger partial charge in [-0.25, -0.2) is 5.21 Å². The van der Waals surface area contributed by atoms with Crippen LogP contribution >= 0.6 is 0 Å². The lowest BCUT2D eigenvalue weighted by Gasteiger charge is -2.14. The van der Waals surface area contributed by atoms with E-state index in [2.05, 4.69) is 4.98 Å². The molecule has 1 aromatic rings. The van der Waals surface area contributed by atoms with Gasteiger partial charge in [0.15, 0.2) is 0 Å². The van der Waals surface area contributed by atoms with Crippen LogP contribution in [0.2, 0.25) is 0 Å². The number of aliphatic hydroxyl groups excluding tert-OH is 1. The highest BCUT2D eigenvalue weighted by atomic mass is 16.8. The Kier molecular flexibility index (Phi) is 3.98. The van der Waals surface area contributed by atoms with Gasteiger partial charge in [0.1, 0.15) is 0 Å². The third-order valence-corrected chi connectivity index (χ3v) is 1.67. The molecule has 3 N–H and O–H groups in total. The lowest BCUT2D eigenvalue weighted by atomic mass is 10.4. The summed E-state index contributed by atoms with van der Waals surface area (Å²) in [5.74, 6) is -0.0832. The predicted molar refractivity (Wildman–Crippen MR) is 45.9 cm³/mol. The van der Waals surface area contributed by atoms with Gasteiger partial charge in [0.05, 0.1) is 25.5 Å². The molecule has 0 fully saturated rings. The first-order valence-corrected chi connectivity index (χ1v) is 4.06. The Hall–Kier alpha value is -0.990. The molecule has 0 radical (unpaired) electrons. The van der Waals surface area contributed by atoms with Crippen LogP contribution in [0.5, 0.6) is 0 Å². The number of quaternary nitrogens is 1. The van der Waals surface area contributed by atoms with E-state index in [-0.39, 0.29) is 19.1 Å². The predicted octanol–water partition coefficient (Wildman–Crippen LogP) is -1.71. The van der Waals surface area contributed by atoms with Gasteiger partial charge in [-0.2, -0.15) is 10.2 Å². The SMILES string of the molecule is COCC(O)Cn1ccnc1[NH+]([O-])O. The summed E-state index contributed by atoms with van der Waals surface area (Å²) in [6, 6.07) is 0. The fourth-order valence-corrected chi connectivity index (χ4v) is 1.13. The molecule has 0 amide bonds. The molecule has 7 nitrogen and oxygen atoms in total. The van der Waals surface area contributed by atoms with Crippen molar-refractivity contribution in [2.24, 2.45) is 0 Å². The molecule has 0 aliphatic carbocycles. The maximum atomic E-state index is 10.6. The standard InChI is InChI=1S/C7H13N3O4/c1-14-5-6(11)4-9-3-2-8-7(9)10(12)13/h2-3,6,10-12H,4-5H2,1H3. The van der Waals surface area contributed by atoms with Gasteiger partial charge in [-0.15, -0.1) is 0 Å². The largest absolute Gasteiger partial charge is 0.592 e. The molecule has 1 aromatic heterocycles. The average molecular weight is 203 g/mol. The summed E-state index contributed by atoms with van der Waals surface area (Å²) in [4.78, 5) is 3.64. The van der Waals surface area contributed by atoms with Crippen LogP contribution in [0, 0.1) is 5.21 Å². The third-order valence-electron chi connectivity index (χ3n) is 1.67. The van der Waals surface area contributed by atoms with Gasteiger partial charge in [-0.1, -0.05) is 0 Å². The van der Waals surface area contributed by atoms with Crippen molar-refractivity contribution in [3.8, 4) is 0 Å². The second-order valence-electron chi connectivity index (χ2n) is 2.82. The summed E-state index contributed by atoms with van der Waals surface area (Å²) < 4.78 is 6.09. The maximum Gasteiger partial charge on any atom is 0.341 e. The fourth-order valence-electron chi connectivity index (χ4n) is 1.13. The van der Waals surface area contributed by atoms with Gasteiger partial charge in [-0.05, 0) is 0 Å². The molecule has 0 aromatic carbocycles. The molecule has 7 heteroatoms. The van der Waals surface area contributed by atoms with Crippen molar-refractivity contribution >= 4 is 5.95 Å². The Bertz CT molecular complexity index is 276. The fraction of sp³-hybridized carbons (Fsp3) is 0.571. The smallest absolute Gasteiger partial charge is 0.341 e. The van der Waals surface area contributed by atoms with Crippen molar-refractivity contribution in [2.45, 2.75) is 12.6 Å². The number of hydrogen-bond donors (Lipinski definition) is 3. The monoisotopic (exact) mass is 203 g/mol. The zero-order chi connectivity index (χ0) is 10.6. The van der Waals surface area contributed by atoms with Gasteiger partial charge < -0.3 is 15.1 Å². The highest BCUT2D eigenvalue weighted by molar-refractivity contribution is 5.05. The second-order valence-corrected chi connectivity index (χ2v) is 2.82. The molecule has 0 saturated carbocycles. The van der Waals surface area contributed by atoms with Crippen LogP contribution < -0.4 is 5.23 Å². The van der Waals surface area contributed by atoms with Crippen molar-refractivity contribution in [1.29, 1.82) is 0 Å². The minimum absolute atomic E-state index is 0.0832. The van der Waals surface area contributed by atoms with Gasteiger partial charge in [-0.3, -0.25) is 4.57 Å². The van der Waals surface area contributed by atoms with E-state index in [0.717, 1.165) is 0 Å². The Morgan fingerprint density at radius 1 is 1.79 bits per heavy atom. The minimum Gasteiger partial charge on any atom is -0.592 e. The molecule has 14 heavy (non-hydrogen) atoms. The Labute approximate surface area is 80.7 Å². The average Bonchev–Trinajstić information content (AvgIpc) is 2.52. The highest BCUT2D eigenvalue weighted by Gasteiger charge is 2.12. The van der Waals surface area contributed by atoms with Gasteiger partial charge in [0.2, 0.25) is 0 Å². The molecular weight excluding hydrogens is 190 g/mol. The van der Waals surface area contributed by atoms with Crippen LogP contribution in [-0.4, -0.2) is 39.7 Å². The first-order chi connectivity index (χ1) is 6.65. The molecule has 2 unspecified atom stereocenters. The van der Waals surface area contributed by atoms with E-state index in [1.807, 2.05) is 0 Å². The number of rotatable bonds is 5. The summed E-state index contributed by atoms with van der Waals surface area (Å²) in [6.45, 7) is 0.326. The number of nitrogens with zero attached hydrogens (tertiary/aromatic N) is 2. The Balaban J connectivity index is 2.61. The Morgan fingerprint density at radius 3 is 3.07 bits per heavy atom. The number of methoxy groups -OCH3 is 1. The molecule has 0 aliphatic heterocycles. The molecular formula is C7H13N3O4. The van der Waals surface area contributed by atoms with Crippen LogP contribution in [0.3, 0.4) is 0 Å². The zero-order valence-electron chi connectivity index (χ0n) is 7.75. The van der Waals surface area contributed by atoms with E-state index < -0.39 is 11.3 Å². The van der Waals surface area contributed by atoms with Crippen LogP contribution in [0.1, 0.15) is 0 Å². The van der Waals surface area contributed by atoms with Crippen LogP contribution in [0.15, 0.2) is 12.4 Å². The van der Waals surface area contributed by atoms with Crippen molar-refractivity contribution in [1.82, 2.24) is 9.55 Å². The highest BCUT2D eigenvalue weighted by Crippen LogP contribution is 2.00. The molecule has 2 atom stereocenters. The normalized spacial score (nSPS) is 15.4. The van der Waals surface area contributed by atoms with E-state index in [1.165, 1.54) is 24.1 Å². The summed E-state index contributed by atoms with van der Waals surface area (Å²) in [5, 5.41) is 27.6. The van der Waals surface area contributed by atoms with Crippen LogP contribution in [0.4, 0.5) is 5.95 Å². The van der Waals surface area contributed by atoms with E-state index >= 15 is 0 Å². The zero-order valence-corrected chi connectivity index (χ0v) is 7.75. The van der Waals surface area contributed by atoms with Gasteiger partial charge in [0, 0.05) is 13.3 Å². The molecule has 0 aliphatic rings. The molecule has 0 spiro atoms.